The largest absolute Gasteiger partial charge is 0.462 e. The Labute approximate surface area is 96.7 Å². The summed E-state index contributed by atoms with van der Waals surface area (Å²) in [5, 5.41) is 0. The Morgan fingerprint density at radius 1 is 1.38 bits per heavy atom. The van der Waals surface area contributed by atoms with E-state index in [4.69, 9.17) is 19.6 Å². The second-order valence-corrected chi connectivity index (χ2v) is 4.00. The molecule has 0 saturated heterocycles. The molecule has 1 aromatic rings. The summed E-state index contributed by atoms with van der Waals surface area (Å²) in [6, 6.07) is 1.96. The Morgan fingerprint density at radius 3 is 2.69 bits per heavy atom. The van der Waals surface area contributed by atoms with Gasteiger partial charge in [0.1, 0.15) is 18.1 Å². The predicted octanol–water partition coefficient (Wildman–Crippen LogP) is 1.99. The molecule has 0 aliphatic rings. The van der Waals surface area contributed by atoms with E-state index in [-0.39, 0.29) is 6.10 Å². The van der Waals surface area contributed by atoms with E-state index in [9.17, 15) is 0 Å². The Kier molecular flexibility index (Phi) is 5.52. The molecule has 0 fully saturated rings. The van der Waals surface area contributed by atoms with Gasteiger partial charge in [-0.3, -0.25) is 0 Å². The summed E-state index contributed by atoms with van der Waals surface area (Å²) in [5.74, 6) is 1.65. The molecule has 0 spiro atoms. The highest BCUT2D eigenvalue weighted by molar-refractivity contribution is 5.19. The van der Waals surface area contributed by atoms with Crippen molar-refractivity contribution >= 4 is 0 Å². The van der Waals surface area contributed by atoms with Crippen molar-refractivity contribution in [2.45, 2.75) is 40.0 Å². The maximum atomic E-state index is 5.52. The van der Waals surface area contributed by atoms with Gasteiger partial charge in [0.15, 0.2) is 0 Å². The standard InChI is InChI=1S/C12H21NO3/c1-9(2)15-5-4-14-8-11-6-10(3)12(7-13)16-11/h6,9H,4-5,7-8,13H2,1-3H3. The lowest BCUT2D eigenvalue weighted by atomic mass is 10.3. The van der Waals surface area contributed by atoms with Gasteiger partial charge in [0.25, 0.3) is 0 Å². The van der Waals surface area contributed by atoms with E-state index in [2.05, 4.69) is 0 Å². The van der Waals surface area contributed by atoms with Gasteiger partial charge in [-0.05, 0) is 32.4 Å². The van der Waals surface area contributed by atoms with E-state index in [0.29, 0.717) is 26.4 Å². The lowest BCUT2D eigenvalue weighted by molar-refractivity contribution is 0.0102. The number of nitrogens with two attached hydrogens (primary N) is 1. The fourth-order valence-electron chi connectivity index (χ4n) is 1.38. The van der Waals surface area contributed by atoms with Gasteiger partial charge in [-0.2, -0.15) is 0 Å². The molecule has 0 aromatic carbocycles. The van der Waals surface area contributed by atoms with Crippen LogP contribution in [0.25, 0.3) is 0 Å². The van der Waals surface area contributed by atoms with Crippen LogP contribution in [0, 0.1) is 6.92 Å². The molecule has 2 N–H and O–H groups in total. The summed E-state index contributed by atoms with van der Waals surface area (Å²) in [4.78, 5) is 0. The number of ether oxygens (including phenoxy) is 2. The van der Waals surface area contributed by atoms with Gasteiger partial charge in [0.2, 0.25) is 0 Å². The number of hydrogen-bond donors (Lipinski definition) is 1. The molecule has 1 aromatic heterocycles. The minimum atomic E-state index is 0.248. The van der Waals surface area contributed by atoms with Crippen molar-refractivity contribution in [2.75, 3.05) is 13.2 Å². The van der Waals surface area contributed by atoms with E-state index >= 15 is 0 Å². The topological polar surface area (TPSA) is 57.6 Å². The van der Waals surface area contributed by atoms with E-state index in [0.717, 1.165) is 17.1 Å². The monoisotopic (exact) mass is 227 g/mol. The normalized spacial score (nSPS) is 11.3. The maximum absolute atomic E-state index is 5.52. The van der Waals surface area contributed by atoms with Crippen LogP contribution in [0.15, 0.2) is 10.5 Å². The van der Waals surface area contributed by atoms with Crippen molar-refractivity contribution in [1.82, 2.24) is 0 Å². The number of rotatable bonds is 7. The second kappa shape index (κ2) is 6.68. The minimum Gasteiger partial charge on any atom is -0.462 e. The molecule has 0 atom stereocenters. The fourth-order valence-corrected chi connectivity index (χ4v) is 1.38. The molecular weight excluding hydrogens is 206 g/mol. The zero-order valence-electron chi connectivity index (χ0n) is 10.3. The molecule has 16 heavy (non-hydrogen) atoms. The molecule has 0 bridgehead atoms. The first-order valence-electron chi connectivity index (χ1n) is 5.61. The van der Waals surface area contributed by atoms with Crippen LogP contribution in [0.4, 0.5) is 0 Å². The van der Waals surface area contributed by atoms with Crippen molar-refractivity contribution in [1.29, 1.82) is 0 Å². The molecule has 0 radical (unpaired) electrons. The quantitative estimate of drug-likeness (QED) is 0.724. The van der Waals surface area contributed by atoms with Crippen LogP contribution in [0.2, 0.25) is 0 Å². The van der Waals surface area contributed by atoms with E-state index < -0.39 is 0 Å². The average Bonchev–Trinajstić information content (AvgIpc) is 2.58. The molecule has 1 heterocycles. The molecule has 1 rings (SSSR count). The lowest BCUT2D eigenvalue weighted by Gasteiger charge is -2.06. The third kappa shape index (κ3) is 4.35. The highest BCUT2D eigenvalue weighted by atomic mass is 16.5. The predicted molar refractivity (Wildman–Crippen MR) is 62.1 cm³/mol. The summed E-state index contributed by atoms with van der Waals surface area (Å²) >= 11 is 0. The van der Waals surface area contributed by atoms with E-state index in [1.54, 1.807) is 0 Å². The maximum Gasteiger partial charge on any atom is 0.130 e. The van der Waals surface area contributed by atoms with Gasteiger partial charge in [-0.1, -0.05) is 0 Å². The van der Waals surface area contributed by atoms with Crippen LogP contribution in [-0.2, 0) is 22.6 Å². The molecule has 92 valence electrons. The van der Waals surface area contributed by atoms with Gasteiger partial charge in [-0.15, -0.1) is 0 Å². The molecule has 0 aliphatic heterocycles. The lowest BCUT2D eigenvalue weighted by Crippen LogP contribution is -2.09. The van der Waals surface area contributed by atoms with Crippen LogP contribution in [0.3, 0.4) is 0 Å². The van der Waals surface area contributed by atoms with Gasteiger partial charge in [0, 0.05) is 0 Å². The highest BCUT2D eigenvalue weighted by Gasteiger charge is 2.05. The van der Waals surface area contributed by atoms with Gasteiger partial charge >= 0.3 is 0 Å². The molecule has 0 unspecified atom stereocenters. The van der Waals surface area contributed by atoms with Crippen molar-refractivity contribution in [3.8, 4) is 0 Å². The Bertz CT molecular complexity index is 307. The van der Waals surface area contributed by atoms with Crippen molar-refractivity contribution < 1.29 is 13.9 Å². The summed E-state index contributed by atoms with van der Waals surface area (Å²) in [6.07, 6.45) is 0.248. The van der Waals surface area contributed by atoms with Crippen molar-refractivity contribution in [2.24, 2.45) is 5.73 Å². The molecule has 0 aliphatic carbocycles. The summed E-state index contributed by atoms with van der Waals surface area (Å²) < 4.78 is 16.3. The zero-order valence-corrected chi connectivity index (χ0v) is 10.3. The Morgan fingerprint density at radius 2 is 2.12 bits per heavy atom. The van der Waals surface area contributed by atoms with E-state index in [1.165, 1.54) is 0 Å². The molecule has 0 saturated carbocycles. The molecule has 4 nitrogen and oxygen atoms in total. The van der Waals surface area contributed by atoms with Crippen LogP contribution in [-0.4, -0.2) is 19.3 Å². The van der Waals surface area contributed by atoms with Crippen LogP contribution >= 0.6 is 0 Å². The number of furan rings is 1. The summed E-state index contributed by atoms with van der Waals surface area (Å²) in [6.45, 7) is 8.09. The van der Waals surface area contributed by atoms with Crippen LogP contribution in [0.1, 0.15) is 30.9 Å². The van der Waals surface area contributed by atoms with Crippen molar-refractivity contribution in [3.63, 3.8) is 0 Å². The van der Waals surface area contributed by atoms with Gasteiger partial charge in [-0.25, -0.2) is 0 Å². The molecular formula is C12H21NO3. The summed E-state index contributed by atoms with van der Waals surface area (Å²) in [7, 11) is 0. The third-order valence-electron chi connectivity index (χ3n) is 2.18. The van der Waals surface area contributed by atoms with E-state index in [1.807, 2.05) is 26.8 Å². The smallest absolute Gasteiger partial charge is 0.130 e. The Hall–Kier alpha value is -0.840. The van der Waals surface area contributed by atoms with Crippen LogP contribution in [0.5, 0.6) is 0 Å². The zero-order chi connectivity index (χ0) is 12.0. The number of hydrogen-bond acceptors (Lipinski definition) is 4. The fraction of sp³-hybridized carbons (Fsp3) is 0.667. The SMILES string of the molecule is Cc1cc(COCCOC(C)C)oc1CN. The minimum absolute atomic E-state index is 0.248. The number of aryl methyl sites for hydroxylation is 1. The van der Waals surface area contributed by atoms with Crippen LogP contribution < -0.4 is 5.73 Å². The molecule has 4 heteroatoms. The first-order valence-corrected chi connectivity index (χ1v) is 5.61. The average molecular weight is 227 g/mol. The van der Waals surface area contributed by atoms with Gasteiger partial charge < -0.3 is 19.6 Å². The second-order valence-electron chi connectivity index (χ2n) is 4.00. The first-order chi connectivity index (χ1) is 7.63. The summed E-state index contributed by atoms with van der Waals surface area (Å²) in [5.41, 5.74) is 6.60. The molecule has 0 amide bonds. The first kappa shape index (κ1) is 13.2. The third-order valence-corrected chi connectivity index (χ3v) is 2.18. The Balaban J connectivity index is 2.21. The van der Waals surface area contributed by atoms with Gasteiger partial charge in [0.05, 0.1) is 25.9 Å². The highest BCUT2D eigenvalue weighted by Crippen LogP contribution is 2.14. The van der Waals surface area contributed by atoms with Crippen molar-refractivity contribution in [3.05, 3.63) is 23.2 Å².